The molecule has 0 spiro atoms. The van der Waals surface area contributed by atoms with Crippen LogP contribution < -0.4 is 15.2 Å². The molecule has 0 bridgehead atoms. The van der Waals surface area contributed by atoms with Gasteiger partial charge in [-0.2, -0.15) is 0 Å². The van der Waals surface area contributed by atoms with Crippen molar-refractivity contribution in [2.75, 3.05) is 13.7 Å². The van der Waals surface area contributed by atoms with E-state index in [2.05, 4.69) is 13.8 Å². The highest BCUT2D eigenvalue weighted by atomic mass is 16.5. The number of hydrogen-bond donors (Lipinski definition) is 1. The van der Waals surface area contributed by atoms with Gasteiger partial charge < -0.3 is 15.2 Å². The predicted octanol–water partition coefficient (Wildman–Crippen LogP) is 2.58. The van der Waals surface area contributed by atoms with Crippen LogP contribution in [0.3, 0.4) is 0 Å². The zero-order valence-electron chi connectivity index (χ0n) is 10.3. The van der Waals surface area contributed by atoms with Crippen molar-refractivity contribution in [2.45, 2.75) is 26.8 Å². The molecule has 3 heteroatoms. The third kappa shape index (κ3) is 3.74. The lowest BCUT2D eigenvalue weighted by Crippen LogP contribution is -2.06. The third-order valence-electron chi connectivity index (χ3n) is 2.44. The van der Waals surface area contributed by atoms with Crippen LogP contribution in [0.25, 0.3) is 0 Å². The van der Waals surface area contributed by atoms with Crippen molar-refractivity contribution >= 4 is 0 Å². The van der Waals surface area contributed by atoms with Crippen LogP contribution in [0.15, 0.2) is 18.2 Å². The first kappa shape index (κ1) is 12.8. The smallest absolute Gasteiger partial charge is 0.124 e. The van der Waals surface area contributed by atoms with Crippen LogP contribution in [-0.4, -0.2) is 13.7 Å². The second-order valence-corrected chi connectivity index (χ2v) is 4.21. The molecule has 16 heavy (non-hydrogen) atoms. The summed E-state index contributed by atoms with van der Waals surface area (Å²) in [5.41, 5.74) is 6.66. The second-order valence-electron chi connectivity index (χ2n) is 4.21. The zero-order chi connectivity index (χ0) is 12.0. The molecule has 1 aromatic rings. The van der Waals surface area contributed by atoms with Gasteiger partial charge in [-0.15, -0.1) is 0 Å². The Balaban J connectivity index is 2.64. The number of methoxy groups -OCH3 is 1. The minimum Gasteiger partial charge on any atom is -0.497 e. The summed E-state index contributed by atoms with van der Waals surface area (Å²) in [6.07, 6.45) is 1.05. The van der Waals surface area contributed by atoms with Crippen molar-refractivity contribution in [1.29, 1.82) is 0 Å². The standard InChI is InChI=1S/C13H21NO2/c1-10(2)6-7-16-13-5-4-12(15-3)8-11(13)9-14/h4-5,8,10H,6-7,9,14H2,1-3H3. The van der Waals surface area contributed by atoms with Crippen LogP contribution in [-0.2, 0) is 6.54 Å². The van der Waals surface area contributed by atoms with Crippen LogP contribution >= 0.6 is 0 Å². The average molecular weight is 223 g/mol. The lowest BCUT2D eigenvalue weighted by molar-refractivity contribution is 0.286. The summed E-state index contributed by atoms with van der Waals surface area (Å²) in [6, 6.07) is 5.73. The molecule has 2 N–H and O–H groups in total. The fourth-order valence-electron chi connectivity index (χ4n) is 1.39. The van der Waals surface area contributed by atoms with Gasteiger partial charge in [-0.1, -0.05) is 13.8 Å². The van der Waals surface area contributed by atoms with Gasteiger partial charge in [-0.25, -0.2) is 0 Å². The van der Waals surface area contributed by atoms with Crippen molar-refractivity contribution in [1.82, 2.24) is 0 Å². The van der Waals surface area contributed by atoms with E-state index < -0.39 is 0 Å². The number of benzene rings is 1. The Morgan fingerprint density at radius 3 is 2.62 bits per heavy atom. The van der Waals surface area contributed by atoms with Gasteiger partial charge in [0.15, 0.2) is 0 Å². The molecule has 0 aromatic heterocycles. The molecule has 0 saturated carbocycles. The second kappa shape index (κ2) is 6.38. The van der Waals surface area contributed by atoms with E-state index in [1.165, 1.54) is 0 Å². The van der Waals surface area contributed by atoms with E-state index in [1.807, 2.05) is 18.2 Å². The van der Waals surface area contributed by atoms with Crippen molar-refractivity contribution in [2.24, 2.45) is 11.7 Å². The van der Waals surface area contributed by atoms with Crippen LogP contribution in [0.4, 0.5) is 0 Å². The summed E-state index contributed by atoms with van der Waals surface area (Å²) in [5, 5.41) is 0. The van der Waals surface area contributed by atoms with E-state index in [4.69, 9.17) is 15.2 Å². The third-order valence-corrected chi connectivity index (χ3v) is 2.44. The van der Waals surface area contributed by atoms with E-state index in [1.54, 1.807) is 7.11 Å². The van der Waals surface area contributed by atoms with Gasteiger partial charge in [0.25, 0.3) is 0 Å². The molecule has 0 unspecified atom stereocenters. The quantitative estimate of drug-likeness (QED) is 0.806. The molecule has 1 aromatic carbocycles. The predicted molar refractivity (Wildman–Crippen MR) is 65.8 cm³/mol. The van der Waals surface area contributed by atoms with E-state index >= 15 is 0 Å². The number of hydrogen-bond acceptors (Lipinski definition) is 3. The van der Waals surface area contributed by atoms with E-state index in [9.17, 15) is 0 Å². The lowest BCUT2D eigenvalue weighted by Gasteiger charge is -2.12. The van der Waals surface area contributed by atoms with Gasteiger partial charge in [-0.3, -0.25) is 0 Å². The van der Waals surface area contributed by atoms with Crippen LogP contribution in [0.5, 0.6) is 11.5 Å². The van der Waals surface area contributed by atoms with Gasteiger partial charge in [-0.05, 0) is 30.5 Å². The minimum absolute atomic E-state index is 0.466. The van der Waals surface area contributed by atoms with Crippen molar-refractivity contribution < 1.29 is 9.47 Å². The van der Waals surface area contributed by atoms with E-state index in [0.717, 1.165) is 30.1 Å². The first-order valence-corrected chi connectivity index (χ1v) is 5.67. The molecule has 0 heterocycles. The Labute approximate surface area is 97.6 Å². The molecule has 0 amide bonds. The summed E-state index contributed by atoms with van der Waals surface area (Å²) >= 11 is 0. The topological polar surface area (TPSA) is 44.5 Å². The first-order chi connectivity index (χ1) is 7.67. The molecule has 0 aliphatic rings. The van der Waals surface area contributed by atoms with Crippen molar-refractivity contribution in [3.8, 4) is 11.5 Å². The lowest BCUT2D eigenvalue weighted by atomic mass is 10.1. The molecule has 1 rings (SSSR count). The highest BCUT2D eigenvalue weighted by Gasteiger charge is 2.04. The molecule has 0 aliphatic heterocycles. The minimum atomic E-state index is 0.466. The number of ether oxygens (including phenoxy) is 2. The molecule has 0 aliphatic carbocycles. The Morgan fingerprint density at radius 1 is 1.31 bits per heavy atom. The number of rotatable bonds is 6. The molecule has 0 fully saturated rings. The molecule has 90 valence electrons. The largest absolute Gasteiger partial charge is 0.497 e. The number of nitrogens with two attached hydrogens (primary N) is 1. The fraction of sp³-hybridized carbons (Fsp3) is 0.538. The molecule has 0 saturated heterocycles. The fourth-order valence-corrected chi connectivity index (χ4v) is 1.39. The maximum Gasteiger partial charge on any atom is 0.124 e. The normalized spacial score (nSPS) is 10.6. The van der Waals surface area contributed by atoms with Crippen LogP contribution in [0.1, 0.15) is 25.8 Å². The molecule has 0 radical (unpaired) electrons. The Morgan fingerprint density at radius 2 is 2.06 bits per heavy atom. The van der Waals surface area contributed by atoms with Crippen molar-refractivity contribution in [3.63, 3.8) is 0 Å². The molecular weight excluding hydrogens is 202 g/mol. The molecule has 3 nitrogen and oxygen atoms in total. The maximum atomic E-state index is 5.70. The summed E-state index contributed by atoms with van der Waals surface area (Å²) in [6.45, 7) is 5.56. The molecule has 0 atom stereocenters. The first-order valence-electron chi connectivity index (χ1n) is 5.67. The summed E-state index contributed by atoms with van der Waals surface area (Å²) in [4.78, 5) is 0. The summed E-state index contributed by atoms with van der Waals surface area (Å²) in [5.74, 6) is 2.33. The Bertz CT molecular complexity index is 324. The van der Waals surface area contributed by atoms with Gasteiger partial charge in [0.2, 0.25) is 0 Å². The summed E-state index contributed by atoms with van der Waals surface area (Å²) < 4.78 is 10.8. The van der Waals surface area contributed by atoms with Crippen LogP contribution in [0, 0.1) is 5.92 Å². The Kier molecular flexibility index (Phi) is 5.12. The monoisotopic (exact) mass is 223 g/mol. The Hall–Kier alpha value is -1.22. The van der Waals surface area contributed by atoms with Gasteiger partial charge >= 0.3 is 0 Å². The SMILES string of the molecule is COc1ccc(OCCC(C)C)c(CN)c1. The van der Waals surface area contributed by atoms with Gasteiger partial charge in [0.1, 0.15) is 11.5 Å². The maximum absolute atomic E-state index is 5.70. The van der Waals surface area contributed by atoms with E-state index in [-0.39, 0.29) is 0 Å². The average Bonchev–Trinajstić information content (AvgIpc) is 2.29. The van der Waals surface area contributed by atoms with Crippen molar-refractivity contribution in [3.05, 3.63) is 23.8 Å². The highest BCUT2D eigenvalue weighted by molar-refractivity contribution is 5.40. The molecular formula is C13H21NO2. The summed E-state index contributed by atoms with van der Waals surface area (Å²) in [7, 11) is 1.65. The van der Waals surface area contributed by atoms with Gasteiger partial charge in [0.05, 0.1) is 13.7 Å². The van der Waals surface area contributed by atoms with Gasteiger partial charge in [0, 0.05) is 12.1 Å². The van der Waals surface area contributed by atoms with Crippen LogP contribution in [0.2, 0.25) is 0 Å². The van der Waals surface area contributed by atoms with E-state index in [0.29, 0.717) is 12.5 Å². The zero-order valence-corrected chi connectivity index (χ0v) is 10.3. The highest BCUT2D eigenvalue weighted by Crippen LogP contribution is 2.24.